The molecule has 0 bridgehead atoms. The lowest BCUT2D eigenvalue weighted by Gasteiger charge is -2.40. The Labute approximate surface area is 109 Å². The van der Waals surface area contributed by atoms with E-state index in [1.165, 1.54) is 0 Å². The second-order valence-corrected chi connectivity index (χ2v) is 4.78. The molecule has 0 saturated heterocycles. The van der Waals surface area contributed by atoms with Crippen molar-refractivity contribution in [1.29, 1.82) is 0 Å². The van der Waals surface area contributed by atoms with E-state index in [0.717, 1.165) is 31.4 Å². The zero-order chi connectivity index (χ0) is 14.0. The van der Waals surface area contributed by atoms with Crippen molar-refractivity contribution in [1.82, 2.24) is 5.32 Å². The van der Waals surface area contributed by atoms with Gasteiger partial charge in [-0.15, -0.1) is 0 Å². The molecule has 0 atom stereocenters. The molecule has 0 unspecified atom stereocenters. The smallest absolute Gasteiger partial charge is 0.253 e. The number of nitrogens with two attached hydrogens (primary N) is 1. The lowest BCUT2D eigenvalue weighted by Crippen LogP contribution is -2.49. The van der Waals surface area contributed by atoms with Crippen LogP contribution in [0.3, 0.4) is 0 Å². The van der Waals surface area contributed by atoms with Crippen LogP contribution in [0.15, 0.2) is 12.1 Å². The largest absolute Gasteiger partial charge is 0.398 e. The van der Waals surface area contributed by atoms with Gasteiger partial charge in [0, 0.05) is 25.4 Å². The van der Waals surface area contributed by atoms with E-state index in [4.69, 9.17) is 10.5 Å². The Hall–Kier alpha value is -1.69. The molecule has 0 heterocycles. The number of hydrogen-bond acceptors (Lipinski definition) is 3. The molecule has 1 aromatic rings. The Kier molecular flexibility index (Phi) is 3.71. The van der Waals surface area contributed by atoms with Crippen molar-refractivity contribution in [2.45, 2.75) is 24.9 Å². The van der Waals surface area contributed by atoms with Crippen LogP contribution in [0.25, 0.3) is 0 Å². The summed E-state index contributed by atoms with van der Waals surface area (Å²) in [6, 6.07) is 1.61. The first-order valence-electron chi connectivity index (χ1n) is 6.05. The fraction of sp³-hybridized carbons (Fsp3) is 0.462. The highest BCUT2D eigenvalue weighted by Crippen LogP contribution is 2.34. The topological polar surface area (TPSA) is 64.3 Å². The number of halogens is 2. The van der Waals surface area contributed by atoms with Gasteiger partial charge < -0.3 is 15.8 Å². The minimum Gasteiger partial charge on any atom is -0.398 e. The minimum atomic E-state index is -1.09. The summed E-state index contributed by atoms with van der Waals surface area (Å²) < 4.78 is 31.4. The molecule has 0 spiro atoms. The number of methoxy groups -OCH3 is 1. The molecule has 3 N–H and O–H groups in total. The summed E-state index contributed by atoms with van der Waals surface area (Å²) in [7, 11) is 1.59. The Balaban J connectivity index is 2.06. The number of nitrogen functional groups attached to an aromatic ring is 1. The molecule has 2 rings (SSSR count). The second kappa shape index (κ2) is 5.13. The lowest BCUT2D eigenvalue weighted by atomic mass is 9.80. The monoisotopic (exact) mass is 270 g/mol. The van der Waals surface area contributed by atoms with E-state index < -0.39 is 17.5 Å². The van der Waals surface area contributed by atoms with E-state index in [2.05, 4.69) is 5.32 Å². The first-order valence-corrected chi connectivity index (χ1v) is 6.05. The number of nitrogens with one attached hydrogen (secondary N) is 1. The van der Waals surface area contributed by atoms with Gasteiger partial charge in [-0.3, -0.25) is 4.79 Å². The van der Waals surface area contributed by atoms with Gasteiger partial charge in [-0.05, 0) is 25.3 Å². The van der Waals surface area contributed by atoms with E-state index in [1.54, 1.807) is 7.11 Å². The van der Waals surface area contributed by atoms with E-state index in [9.17, 15) is 13.6 Å². The van der Waals surface area contributed by atoms with Gasteiger partial charge >= 0.3 is 0 Å². The maximum atomic E-state index is 13.1. The molecule has 0 aromatic heterocycles. The van der Waals surface area contributed by atoms with Gasteiger partial charge in [0.05, 0.1) is 11.2 Å². The maximum absolute atomic E-state index is 13.1. The van der Waals surface area contributed by atoms with Gasteiger partial charge in [-0.25, -0.2) is 8.78 Å². The molecule has 104 valence electrons. The molecule has 1 fully saturated rings. The van der Waals surface area contributed by atoms with E-state index in [0.29, 0.717) is 6.54 Å². The molecule has 1 aromatic carbocycles. The van der Waals surface area contributed by atoms with Gasteiger partial charge in [0.1, 0.15) is 0 Å². The number of ether oxygens (including phenoxy) is 1. The summed E-state index contributed by atoms with van der Waals surface area (Å²) >= 11 is 0. The van der Waals surface area contributed by atoms with Gasteiger partial charge in [-0.2, -0.15) is 0 Å². The Bertz CT molecular complexity index is 496. The van der Waals surface area contributed by atoms with Crippen molar-refractivity contribution in [3.05, 3.63) is 29.3 Å². The summed E-state index contributed by atoms with van der Waals surface area (Å²) in [5.41, 5.74) is 5.03. The van der Waals surface area contributed by atoms with Crippen LogP contribution >= 0.6 is 0 Å². The molecule has 0 radical (unpaired) electrons. The summed E-state index contributed by atoms with van der Waals surface area (Å²) in [5, 5.41) is 2.65. The van der Waals surface area contributed by atoms with Crippen molar-refractivity contribution < 1.29 is 18.3 Å². The molecule has 0 aliphatic heterocycles. The molecule has 4 nitrogen and oxygen atoms in total. The van der Waals surface area contributed by atoms with Crippen LogP contribution in [0.5, 0.6) is 0 Å². The van der Waals surface area contributed by atoms with Crippen molar-refractivity contribution in [3.8, 4) is 0 Å². The molecule has 6 heteroatoms. The number of benzene rings is 1. The fourth-order valence-electron chi connectivity index (χ4n) is 2.12. The van der Waals surface area contributed by atoms with Gasteiger partial charge in [0.15, 0.2) is 11.6 Å². The van der Waals surface area contributed by atoms with Crippen LogP contribution < -0.4 is 11.1 Å². The highest BCUT2D eigenvalue weighted by molar-refractivity contribution is 5.99. The summed E-state index contributed by atoms with van der Waals surface area (Å²) in [6.07, 6.45) is 2.80. The number of rotatable bonds is 4. The fourth-order valence-corrected chi connectivity index (χ4v) is 2.12. The van der Waals surface area contributed by atoms with Crippen molar-refractivity contribution in [3.63, 3.8) is 0 Å². The van der Waals surface area contributed by atoms with Crippen LogP contribution in [-0.2, 0) is 4.74 Å². The van der Waals surface area contributed by atoms with E-state index in [-0.39, 0.29) is 16.9 Å². The molecular formula is C13H16F2N2O2. The number of hydrogen-bond donors (Lipinski definition) is 2. The Morgan fingerprint density at radius 3 is 2.58 bits per heavy atom. The van der Waals surface area contributed by atoms with Crippen molar-refractivity contribution in [2.24, 2.45) is 0 Å². The summed E-state index contributed by atoms with van der Waals surface area (Å²) in [5.74, 6) is -2.69. The number of carbonyl (C=O) groups is 1. The normalized spacial score (nSPS) is 16.8. The van der Waals surface area contributed by atoms with Crippen LogP contribution in [0.1, 0.15) is 29.6 Å². The Morgan fingerprint density at radius 2 is 2.05 bits per heavy atom. The SMILES string of the molecule is COC1(CNC(=O)c2cc(F)c(F)cc2N)CCC1. The predicted octanol–water partition coefficient (Wildman–Crippen LogP) is 1.85. The molecule has 1 saturated carbocycles. The minimum absolute atomic E-state index is 0.0653. The number of amides is 1. The quantitative estimate of drug-likeness (QED) is 0.821. The zero-order valence-corrected chi connectivity index (χ0v) is 10.6. The Morgan fingerprint density at radius 1 is 1.42 bits per heavy atom. The number of carbonyl (C=O) groups excluding carboxylic acids is 1. The highest BCUT2D eigenvalue weighted by Gasteiger charge is 2.37. The van der Waals surface area contributed by atoms with Crippen LogP contribution in [0.2, 0.25) is 0 Å². The average molecular weight is 270 g/mol. The van der Waals surface area contributed by atoms with E-state index >= 15 is 0 Å². The zero-order valence-electron chi connectivity index (χ0n) is 10.6. The van der Waals surface area contributed by atoms with Gasteiger partial charge in [0.2, 0.25) is 0 Å². The van der Waals surface area contributed by atoms with Crippen LogP contribution in [-0.4, -0.2) is 25.2 Å². The summed E-state index contributed by atoms with van der Waals surface area (Å²) in [4.78, 5) is 11.9. The van der Waals surface area contributed by atoms with Crippen molar-refractivity contribution >= 4 is 11.6 Å². The van der Waals surface area contributed by atoms with Gasteiger partial charge in [-0.1, -0.05) is 0 Å². The second-order valence-electron chi connectivity index (χ2n) is 4.78. The van der Waals surface area contributed by atoms with Crippen LogP contribution in [0.4, 0.5) is 14.5 Å². The predicted molar refractivity (Wildman–Crippen MR) is 66.7 cm³/mol. The first kappa shape index (κ1) is 13.7. The molecule has 1 amide bonds. The van der Waals surface area contributed by atoms with Crippen molar-refractivity contribution in [2.75, 3.05) is 19.4 Å². The highest BCUT2D eigenvalue weighted by atomic mass is 19.2. The third-order valence-electron chi connectivity index (χ3n) is 3.61. The third-order valence-corrected chi connectivity index (χ3v) is 3.61. The summed E-state index contributed by atoms with van der Waals surface area (Å²) in [6.45, 7) is 0.334. The molecular weight excluding hydrogens is 254 g/mol. The first-order chi connectivity index (χ1) is 8.97. The van der Waals surface area contributed by atoms with Gasteiger partial charge in [0.25, 0.3) is 5.91 Å². The number of anilines is 1. The lowest BCUT2D eigenvalue weighted by molar-refractivity contribution is -0.0679. The molecule has 19 heavy (non-hydrogen) atoms. The van der Waals surface area contributed by atoms with Crippen LogP contribution in [0, 0.1) is 11.6 Å². The molecule has 1 aliphatic carbocycles. The maximum Gasteiger partial charge on any atom is 0.253 e. The average Bonchev–Trinajstić information content (AvgIpc) is 2.32. The molecule has 1 aliphatic rings. The standard InChI is InChI=1S/C13H16F2N2O2/c1-19-13(3-2-4-13)7-17-12(18)8-5-9(14)10(15)6-11(8)16/h5-6H,2-4,7,16H2,1H3,(H,17,18). The third kappa shape index (κ3) is 2.68. The van der Waals surface area contributed by atoms with E-state index in [1.807, 2.05) is 0 Å².